The van der Waals surface area contributed by atoms with E-state index in [1.807, 2.05) is 48.5 Å². The predicted molar refractivity (Wildman–Crippen MR) is 256 cm³/mol. The summed E-state index contributed by atoms with van der Waals surface area (Å²) in [7, 11) is 0. The van der Waals surface area contributed by atoms with Crippen LogP contribution in [0.4, 0.5) is 0 Å². The van der Waals surface area contributed by atoms with E-state index in [9.17, 15) is 0 Å². The van der Waals surface area contributed by atoms with E-state index >= 15 is 0 Å². The topological polar surface area (TPSA) is 69.9 Å². The number of benzene rings is 9. The summed E-state index contributed by atoms with van der Waals surface area (Å²) in [6.45, 7) is 0. The van der Waals surface area contributed by atoms with Gasteiger partial charge in [0.2, 0.25) is 5.95 Å². The van der Waals surface area contributed by atoms with Crippen LogP contribution in [-0.4, -0.2) is 19.5 Å². The van der Waals surface area contributed by atoms with Gasteiger partial charge in [0.25, 0.3) is 0 Å². The number of nitrogens with zero attached hydrogens (tertiary/aromatic N) is 4. The van der Waals surface area contributed by atoms with Gasteiger partial charge >= 0.3 is 0 Å². The molecule has 0 aliphatic heterocycles. The van der Waals surface area contributed by atoms with Crippen LogP contribution < -0.4 is 0 Å². The second kappa shape index (κ2) is 12.3. The predicted octanol–water partition coefficient (Wildman–Crippen LogP) is 14.4. The Labute approximate surface area is 365 Å². The number of hydrogen-bond acceptors (Lipinski definition) is 5. The number of fused-ring (bicyclic) bond motifs is 19. The fourth-order valence-electron chi connectivity index (χ4n) is 11.3. The fourth-order valence-corrected chi connectivity index (χ4v) is 11.3. The first-order chi connectivity index (χ1) is 31.7. The molecule has 1 spiro atoms. The third-order valence-electron chi connectivity index (χ3n) is 13.9. The molecule has 6 nitrogen and oxygen atoms in total. The summed E-state index contributed by atoms with van der Waals surface area (Å²) in [6, 6.07) is 69.0. The first kappa shape index (κ1) is 34.0. The van der Waals surface area contributed by atoms with E-state index in [1.54, 1.807) is 0 Å². The molecule has 15 rings (SSSR count). The molecule has 6 heteroatoms. The van der Waals surface area contributed by atoms with Crippen LogP contribution in [0.5, 0.6) is 0 Å². The smallest absolute Gasteiger partial charge is 0.238 e. The van der Waals surface area contributed by atoms with Gasteiger partial charge in [0.1, 0.15) is 22.3 Å². The Hall–Kier alpha value is -8.61. The normalized spacial score (nSPS) is 13.4. The first-order valence-electron chi connectivity index (χ1n) is 21.7. The number of furan rings is 2. The zero-order valence-corrected chi connectivity index (χ0v) is 34.1. The van der Waals surface area contributed by atoms with Crippen LogP contribution in [-0.2, 0) is 5.41 Å². The van der Waals surface area contributed by atoms with Crippen LogP contribution in [0.25, 0.3) is 117 Å². The van der Waals surface area contributed by atoms with E-state index in [2.05, 4.69) is 150 Å². The Morgan fingerprint density at radius 3 is 1.66 bits per heavy atom. The van der Waals surface area contributed by atoms with Crippen molar-refractivity contribution in [3.8, 4) is 51.0 Å². The molecular weight excluding hydrogens is 785 g/mol. The first-order valence-corrected chi connectivity index (χ1v) is 21.7. The Balaban J connectivity index is 1.03. The summed E-state index contributed by atoms with van der Waals surface area (Å²) in [4.78, 5) is 16.1. The lowest BCUT2D eigenvalue weighted by atomic mass is 9.70. The SMILES string of the molecule is c1ccc2c(c1)-c1ccccc1C21c2ccccc2-c2cc3c(cc21)c1ccccc1n3-c1nc(-c2ccc3c(c2)oc2ccccc23)nc(-c2cccc3c2oc2ccccc23)n1. The minimum absolute atomic E-state index is 0.468. The summed E-state index contributed by atoms with van der Waals surface area (Å²) in [5, 5.41) is 6.43. The monoisotopic (exact) mass is 816 g/mol. The van der Waals surface area contributed by atoms with Crippen molar-refractivity contribution in [2.75, 3.05) is 0 Å². The summed E-state index contributed by atoms with van der Waals surface area (Å²) >= 11 is 0. The Morgan fingerprint density at radius 1 is 0.344 bits per heavy atom. The maximum absolute atomic E-state index is 6.60. The molecule has 2 aliphatic carbocycles. The molecule has 0 amide bonds. The largest absolute Gasteiger partial charge is 0.456 e. The van der Waals surface area contributed by atoms with Gasteiger partial charge in [-0.25, -0.2) is 4.98 Å². The minimum Gasteiger partial charge on any atom is -0.456 e. The van der Waals surface area contributed by atoms with Crippen molar-refractivity contribution in [3.63, 3.8) is 0 Å². The molecule has 0 atom stereocenters. The van der Waals surface area contributed by atoms with Gasteiger partial charge in [-0.15, -0.1) is 0 Å². The molecule has 13 aromatic rings. The third-order valence-corrected chi connectivity index (χ3v) is 13.9. The van der Waals surface area contributed by atoms with Gasteiger partial charge < -0.3 is 8.83 Å². The lowest BCUT2D eigenvalue weighted by Crippen LogP contribution is -2.25. The molecule has 0 bridgehead atoms. The van der Waals surface area contributed by atoms with Crippen LogP contribution in [0.15, 0.2) is 203 Å². The Kier molecular flexibility index (Phi) is 6.53. The molecule has 2 aliphatic rings. The van der Waals surface area contributed by atoms with E-state index in [-0.39, 0.29) is 0 Å². The molecule has 0 unspecified atom stereocenters. The molecule has 4 aromatic heterocycles. The van der Waals surface area contributed by atoms with Crippen molar-refractivity contribution < 1.29 is 8.83 Å². The lowest BCUT2D eigenvalue weighted by Gasteiger charge is -2.30. The standard InChI is InChI=1S/C58H32N4O2/c1-7-22-45-34(14-1)35-15-2-8-23-46(35)58(45)47-24-9-3-16-36(47)43-32-50-44(31-48(43)58)37-17-4-10-25-49(37)62(50)57-60-55(33-28-29-40-38-18-5-11-26-51(38)63-53(40)30-33)59-56(61-57)42-21-13-20-41-39-19-6-12-27-52(39)64-54(41)42/h1-32H. The highest BCUT2D eigenvalue weighted by Gasteiger charge is 2.51. The van der Waals surface area contributed by atoms with Crippen molar-refractivity contribution in [2.45, 2.75) is 5.41 Å². The summed E-state index contributed by atoms with van der Waals surface area (Å²) in [6.07, 6.45) is 0. The summed E-state index contributed by atoms with van der Waals surface area (Å²) in [5.74, 6) is 1.57. The molecule has 0 saturated heterocycles. The van der Waals surface area contributed by atoms with Gasteiger partial charge in [-0.2, -0.15) is 9.97 Å². The van der Waals surface area contributed by atoms with E-state index in [1.165, 1.54) is 44.5 Å². The Bertz CT molecular complexity index is 4120. The quantitative estimate of drug-likeness (QED) is 0.178. The highest BCUT2D eigenvalue weighted by molar-refractivity contribution is 6.13. The lowest BCUT2D eigenvalue weighted by molar-refractivity contribution is 0.668. The highest BCUT2D eigenvalue weighted by atomic mass is 16.3. The molecule has 0 N–H and O–H groups in total. The zero-order valence-electron chi connectivity index (χ0n) is 34.1. The van der Waals surface area contributed by atoms with Crippen molar-refractivity contribution in [1.29, 1.82) is 0 Å². The highest BCUT2D eigenvalue weighted by Crippen LogP contribution is 2.63. The molecular formula is C58H32N4O2. The van der Waals surface area contributed by atoms with Crippen LogP contribution in [0.1, 0.15) is 22.3 Å². The van der Waals surface area contributed by atoms with Crippen molar-refractivity contribution in [2.24, 2.45) is 0 Å². The van der Waals surface area contributed by atoms with Crippen LogP contribution in [0.3, 0.4) is 0 Å². The van der Waals surface area contributed by atoms with Gasteiger partial charge in [-0.3, -0.25) is 4.57 Å². The average Bonchev–Trinajstić information content (AvgIpc) is 4.15. The van der Waals surface area contributed by atoms with Crippen LogP contribution in [0.2, 0.25) is 0 Å². The fraction of sp³-hybridized carbons (Fsp3) is 0.0172. The summed E-state index contributed by atoms with van der Waals surface area (Å²) < 4.78 is 15.2. The van der Waals surface area contributed by atoms with E-state index in [0.717, 1.165) is 76.8 Å². The van der Waals surface area contributed by atoms with Crippen LogP contribution in [0, 0.1) is 0 Å². The number of rotatable bonds is 3. The maximum Gasteiger partial charge on any atom is 0.238 e. The maximum atomic E-state index is 6.60. The van der Waals surface area contributed by atoms with Crippen molar-refractivity contribution in [3.05, 3.63) is 216 Å². The van der Waals surface area contributed by atoms with Gasteiger partial charge in [0, 0.05) is 37.9 Å². The molecule has 0 radical (unpaired) electrons. The zero-order chi connectivity index (χ0) is 41.7. The van der Waals surface area contributed by atoms with Crippen molar-refractivity contribution in [1.82, 2.24) is 19.5 Å². The van der Waals surface area contributed by atoms with Gasteiger partial charge in [0.15, 0.2) is 11.6 Å². The number of aromatic nitrogens is 4. The molecule has 0 saturated carbocycles. The Morgan fingerprint density at radius 2 is 0.906 bits per heavy atom. The number of hydrogen-bond donors (Lipinski definition) is 0. The molecule has 64 heavy (non-hydrogen) atoms. The van der Waals surface area contributed by atoms with Gasteiger partial charge in [-0.05, 0) is 93.0 Å². The minimum atomic E-state index is -0.468. The van der Waals surface area contributed by atoms with Gasteiger partial charge in [0.05, 0.1) is 22.0 Å². The summed E-state index contributed by atoms with van der Waals surface area (Å²) in [5.41, 5.74) is 16.6. The molecule has 9 aromatic carbocycles. The molecule has 0 fully saturated rings. The van der Waals surface area contributed by atoms with Gasteiger partial charge in [-0.1, -0.05) is 146 Å². The second-order valence-corrected chi connectivity index (χ2v) is 17.0. The molecule has 4 heterocycles. The molecule has 296 valence electrons. The van der Waals surface area contributed by atoms with Crippen molar-refractivity contribution >= 4 is 65.7 Å². The van der Waals surface area contributed by atoms with E-state index in [4.69, 9.17) is 23.8 Å². The average molecular weight is 817 g/mol. The third kappa shape index (κ3) is 4.31. The number of para-hydroxylation sites is 4. The van der Waals surface area contributed by atoms with E-state index in [0.29, 0.717) is 17.6 Å². The van der Waals surface area contributed by atoms with Crippen LogP contribution >= 0.6 is 0 Å². The second-order valence-electron chi connectivity index (χ2n) is 17.0. The van der Waals surface area contributed by atoms with E-state index < -0.39 is 5.41 Å².